The van der Waals surface area contributed by atoms with E-state index in [1.54, 1.807) is 18.2 Å². The Bertz CT molecular complexity index is 551. The lowest BCUT2D eigenvalue weighted by Crippen LogP contribution is -1.96. The van der Waals surface area contributed by atoms with E-state index >= 15 is 0 Å². The molecule has 2 rings (SSSR count). The lowest BCUT2D eigenvalue weighted by Gasteiger charge is -2.00. The molecule has 0 spiro atoms. The number of carboxylic acid groups (broad SMARTS) is 1. The predicted molar refractivity (Wildman–Crippen MR) is 57.7 cm³/mol. The number of nitrogens with zero attached hydrogens (tertiary/aromatic N) is 1. The summed E-state index contributed by atoms with van der Waals surface area (Å²) in [5.74, 6) is -1.20. The molecule has 6 heteroatoms. The van der Waals surface area contributed by atoms with E-state index in [1.807, 2.05) is 0 Å². The van der Waals surface area contributed by atoms with Crippen LogP contribution >= 0.6 is 11.6 Å². The lowest BCUT2D eigenvalue weighted by molar-refractivity contribution is 0.0690. The van der Waals surface area contributed by atoms with Gasteiger partial charge in [-0.2, -0.15) is 5.10 Å². The van der Waals surface area contributed by atoms with Gasteiger partial charge in [-0.05, 0) is 12.1 Å². The third-order valence-electron chi connectivity index (χ3n) is 2.08. The molecule has 0 amide bonds. The van der Waals surface area contributed by atoms with Crippen LogP contribution in [0.3, 0.4) is 0 Å². The first kappa shape index (κ1) is 10.5. The Balaban J connectivity index is 2.58. The Hall–Kier alpha value is -2.01. The van der Waals surface area contributed by atoms with Gasteiger partial charge in [0.25, 0.3) is 0 Å². The Morgan fingerprint density at radius 1 is 1.38 bits per heavy atom. The van der Waals surface area contributed by atoms with Gasteiger partial charge in [-0.1, -0.05) is 23.7 Å². The van der Waals surface area contributed by atoms with Gasteiger partial charge in [0.05, 0.1) is 0 Å². The van der Waals surface area contributed by atoms with Gasteiger partial charge in [0, 0.05) is 5.56 Å². The minimum atomic E-state index is -1.20. The van der Waals surface area contributed by atoms with Crippen molar-refractivity contribution in [1.82, 2.24) is 10.2 Å². The molecule has 1 aromatic carbocycles. The van der Waals surface area contributed by atoms with E-state index in [0.717, 1.165) is 0 Å². The zero-order chi connectivity index (χ0) is 11.7. The number of carboxylic acids is 1. The first-order chi connectivity index (χ1) is 7.61. The standard InChI is InChI=1S/C10H7ClN2O3/c11-7-8(12-13-9(7)10(15)16)5-3-1-2-4-6(5)14/h1-4,14H,(H,12,13)(H,15,16). The smallest absolute Gasteiger partial charge is 0.355 e. The number of carbonyl (C=O) groups is 1. The molecule has 0 aliphatic carbocycles. The van der Waals surface area contributed by atoms with Gasteiger partial charge in [-0.3, -0.25) is 5.10 Å². The van der Waals surface area contributed by atoms with Crippen LogP contribution in [0.4, 0.5) is 0 Å². The zero-order valence-electron chi connectivity index (χ0n) is 7.94. The number of aromatic nitrogens is 2. The van der Waals surface area contributed by atoms with Crippen LogP contribution in [0.25, 0.3) is 11.3 Å². The lowest BCUT2D eigenvalue weighted by atomic mass is 10.1. The van der Waals surface area contributed by atoms with Crippen molar-refractivity contribution in [3.63, 3.8) is 0 Å². The van der Waals surface area contributed by atoms with Crippen molar-refractivity contribution in [3.8, 4) is 17.0 Å². The van der Waals surface area contributed by atoms with Crippen LogP contribution < -0.4 is 0 Å². The van der Waals surface area contributed by atoms with Crippen molar-refractivity contribution in [3.05, 3.63) is 35.0 Å². The molecular formula is C10H7ClN2O3. The molecule has 0 unspecified atom stereocenters. The van der Waals surface area contributed by atoms with E-state index in [9.17, 15) is 9.90 Å². The number of rotatable bonds is 2. The molecule has 0 atom stereocenters. The molecule has 0 aliphatic rings. The number of aromatic amines is 1. The molecule has 2 aromatic rings. The summed E-state index contributed by atoms with van der Waals surface area (Å²) in [6.07, 6.45) is 0. The summed E-state index contributed by atoms with van der Waals surface area (Å²) in [4.78, 5) is 10.7. The van der Waals surface area contributed by atoms with Gasteiger partial charge in [-0.15, -0.1) is 0 Å². The fourth-order valence-electron chi connectivity index (χ4n) is 1.32. The van der Waals surface area contributed by atoms with E-state index in [-0.39, 0.29) is 22.2 Å². The quantitative estimate of drug-likeness (QED) is 0.748. The van der Waals surface area contributed by atoms with E-state index in [0.29, 0.717) is 5.56 Å². The number of benzene rings is 1. The summed E-state index contributed by atoms with van der Waals surface area (Å²) in [5.41, 5.74) is 0.410. The van der Waals surface area contributed by atoms with E-state index < -0.39 is 5.97 Å². The molecule has 0 aliphatic heterocycles. The largest absolute Gasteiger partial charge is 0.507 e. The van der Waals surface area contributed by atoms with Crippen LogP contribution in [0.1, 0.15) is 10.5 Å². The zero-order valence-corrected chi connectivity index (χ0v) is 8.69. The van der Waals surface area contributed by atoms with Crippen molar-refractivity contribution in [2.75, 3.05) is 0 Å². The molecular weight excluding hydrogens is 232 g/mol. The fourth-order valence-corrected chi connectivity index (χ4v) is 1.59. The van der Waals surface area contributed by atoms with Gasteiger partial charge in [-0.25, -0.2) is 4.79 Å². The van der Waals surface area contributed by atoms with Crippen molar-refractivity contribution in [1.29, 1.82) is 0 Å². The number of para-hydroxylation sites is 1. The summed E-state index contributed by atoms with van der Waals surface area (Å²) in [6, 6.07) is 6.42. The van der Waals surface area contributed by atoms with Crippen molar-refractivity contribution in [2.24, 2.45) is 0 Å². The highest BCUT2D eigenvalue weighted by atomic mass is 35.5. The third-order valence-corrected chi connectivity index (χ3v) is 2.45. The molecule has 16 heavy (non-hydrogen) atoms. The number of phenolic OH excluding ortho intramolecular Hbond substituents is 1. The molecule has 0 saturated carbocycles. The number of aromatic hydroxyl groups is 1. The topological polar surface area (TPSA) is 86.2 Å². The van der Waals surface area contributed by atoms with Gasteiger partial charge >= 0.3 is 5.97 Å². The van der Waals surface area contributed by atoms with Crippen LogP contribution in [-0.4, -0.2) is 26.4 Å². The first-order valence-electron chi connectivity index (χ1n) is 4.36. The minimum Gasteiger partial charge on any atom is -0.507 e. The monoisotopic (exact) mass is 238 g/mol. The average Bonchev–Trinajstić information content (AvgIpc) is 2.61. The van der Waals surface area contributed by atoms with Gasteiger partial charge in [0.1, 0.15) is 16.5 Å². The van der Waals surface area contributed by atoms with Crippen LogP contribution in [-0.2, 0) is 0 Å². The summed E-state index contributed by atoms with van der Waals surface area (Å²) < 4.78 is 0. The summed E-state index contributed by atoms with van der Waals surface area (Å²) in [5, 5.41) is 24.4. The van der Waals surface area contributed by atoms with Gasteiger partial charge in [0.2, 0.25) is 0 Å². The van der Waals surface area contributed by atoms with Crippen molar-refractivity contribution in [2.45, 2.75) is 0 Å². The highest BCUT2D eigenvalue weighted by Crippen LogP contribution is 2.33. The average molecular weight is 239 g/mol. The highest BCUT2D eigenvalue weighted by Gasteiger charge is 2.19. The van der Waals surface area contributed by atoms with E-state index in [4.69, 9.17) is 16.7 Å². The Morgan fingerprint density at radius 3 is 2.62 bits per heavy atom. The Kier molecular flexibility index (Phi) is 2.54. The van der Waals surface area contributed by atoms with E-state index in [2.05, 4.69) is 10.2 Å². The summed E-state index contributed by atoms with van der Waals surface area (Å²) in [7, 11) is 0. The predicted octanol–water partition coefficient (Wildman–Crippen LogP) is 2.13. The number of hydrogen-bond acceptors (Lipinski definition) is 3. The first-order valence-corrected chi connectivity index (χ1v) is 4.74. The second kappa shape index (κ2) is 3.86. The SMILES string of the molecule is O=C(O)c1[nH]nc(-c2ccccc2O)c1Cl. The number of phenols is 1. The normalized spacial score (nSPS) is 10.3. The molecule has 0 saturated heterocycles. The maximum absolute atomic E-state index is 10.7. The number of hydrogen-bond donors (Lipinski definition) is 3. The van der Waals surface area contributed by atoms with Crippen molar-refractivity contribution < 1.29 is 15.0 Å². The van der Waals surface area contributed by atoms with Crippen LogP contribution in [0, 0.1) is 0 Å². The van der Waals surface area contributed by atoms with Crippen LogP contribution in [0.2, 0.25) is 5.02 Å². The maximum Gasteiger partial charge on any atom is 0.355 e. The number of aromatic carboxylic acids is 1. The molecule has 0 bridgehead atoms. The summed E-state index contributed by atoms with van der Waals surface area (Å²) >= 11 is 5.84. The number of nitrogens with one attached hydrogen (secondary N) is 1. The fraction of sp³-hybridized carbons (Fsp3) is 0. The Morgan fingerprint density at radius 2 is 2.06 bits per heavy atom. The molecule has 3 N–H and O–H groups in total. The molecule has 0 fully saturated rings. The molecule has 1 aromatic heterocycles. The molecule has 1 heterocycles. The van der Waals surface area contributed by atoms with Crippen LogP contribution in [0.15, 0.2) is 24.3 Å². The van der Waals surface area contributed by atoms with E-state index in [1.165, 1.54) is 6.07 Å². The van der Waals surface area contributed by atoms with Gasteiger partial charge < -0.3 is 10.2 Å². The van der Waals surface area contributed by atoms with Gasteiger partial charge in [0.15, 0.2) is 5.69 Å². The molecule has 5 nitrogen and oxygen atoms in total. The highest BCUT2D eigenvalue weighted by molar-refractivity contribution is 6.35. The number of halogens is 1. The molecule has 0 radical (unpaired) electrons. The number of H-pyrrole nitrogens is 1. The molecule has 82 valence electrons. The second-order valence-corrected chi connectivity index (χ2v) is 3.46. The van der Waals surface area contributed by atoms with Crippen molar-refractivity contribution >= 4 is 17.6 Å². The maximum atomic E-state index is 10.7. The second-order valence-electron chi connectivity index (χ2n) is 3.08. The third kappa shape index (κ3) is 1.61. The summed E-state index contributed by atoms with van der Waals surface area (Å²) in [6.45, 7) is 0. The van der Waals surface area contributed by atoms with Crippen LogP contribution in [0.5, 0.6) is 5.75 Å². The minimum absolute atomic E-state index is 0.00663. The Labute approximate surface area is 95.3 Å².